The van der Waals surface area contributed by atoms with Crippen LogP contribution in [0.15, 0.2) is 0 Å². The van der Waals surface area contributed by atoms with Gasteiger partial charge in [0, 0.05) is 25.2 Å². The van der Waals surface area contributed by atoms with Gasteiger partial charge in [0.1, 0.15) is 0 Å². The lowest BCUT2D eigenvalue weighted by molar-refractivity contribution is -0.0263. The van der Waals surface area contributed by atoms with Crippen LogP contribution in [0.5, 0.6) is 0 Å². The first-order valence-corrected chi connectivity index (χ1v) is 6.84. The molecule has 0 spiro atoms. The van der Waals surface area contributed by atoms with Gasteiger partial charge in [-0.2, -0.15) is 0 Å². The molecular weight excluding hydrogens is 196 g/mol. The van der Waals surface area contributed by atoms with Crippen LogP contribution in [0.4, 0.5) is 0 Å². The fraction of sp³-hybridized carbons (Fsp3) is 1.00. The third-order valence-corrected chi connectivity index (χ3v) is 3.68. The van der Waals surface area contributed by atoms with Gasteiger partial charge in [0.15, 0.2) is 0 Å². The van der Waals surface area contributed by atoms with E-state index in [0.717, 1.165) is 24.3 Å². The Labute approximate surface area is 102 Å². The third kappa shape index (κ3) is 3.21. The summed E-state index contributed by atoms with van der Waals surface area (Å²) in [4.78, 5) is 2.67. The molecule has 2 heteroatoms. The molecule has 2 nitrogen and oxygen atoms in total. The number of nitrogens with zero attached hydrogens (tertiary/aromatic N) is 1. The van der Waals surface area contributed by atoms with Crippen LogP contribution in [0.25, 0.3) is 0 Å². The van der Waals surface area contributed by atoms with E-state index in [1.54, 1.807) is 0 Å². The van der Waals surface area contributed by atoms with Gasteiger partial charge < -0.3 is 5.73 Å². The Morgan fingerprint density at radius 1 is 1.12 bits per heavy atom. The number of hydrogen-bond acceptors (Lipinski definition) is 2. The molecule has 0 heterocycles. The molecule has 1 aliphatic carbocycles. The predicted molar refractivity (Wildman–Crippen MR) is 71.4 cm³/mol. The first kappa shape index (κ1) is 14.0. The molecule has 1 aliphatic rings. The molecule has 0 amide bonds. The van der Waals surface area contributed by atoms with E-state index in [2.05, 4.69) is 39.5 Å². The molecule has 1 fully saturated rings. The van der Waals surface area contributed by atoms with Gasteiger partial charge in [-0.05, 0) is 30.6 Å². The maximum atomic E-state index is 6.04. The molecule has 0 atom stereocenters. The monoisotopic (exact) mass is 226 g/mol. The van der Waals surface area contributed by atoms with Gasteiger partial charge in [-0.25, -0.2) is 0 Å². The van der Waals surface area contributed by atoms with Crippen molar-refractivity contribution in [2.45, 2.75) is 53.0 Å². The van der Waals surface area contributed by atoms with Crippen LogP contribution in [0.3, 0.4) is 0 Å². The highest BCUT2D eigenvalue weighted by Gasteiger charge is 2.45. The van der Waals surface area contributed by atoms with E-state index < -0.39 is 0 Å². The Bertz CT molecular complexity index is 195. The van der Waals surface area contributed by atoms with E-state index in [1.165, 1.54) is 25.9 Å². The second-order valence-electron chi connectivity index (χ2n) is 6.63. The largest absolute Gasteiger partial charge is 0.329 e. The lowest BCUT2D eigenvalue weighted by Crippen LogP contribution is -2.62. The molecule has 1 rings (SSSR count). The van der Waals surface area contributed by atoms with Crippen molar-refractivity contribution in [3.63, 3.8) is 0 Å². The Kier molecular flexibility index (Phi) is 4.81. The molecule has 2 N–H and O–H groups in total. The summed E-state index contributed by atoms with van der Waals surface area (Å²) >= 11 is 0. The van der Waals surface area contributed by atoms with E-state index >= 15 is 0 Å². The van der Waals surface area contributed by atoms with Crippen LogP contribution in [0.2, 0.25) is 0 Å². The average Bonchev–Trinajstić information content (AvgIpc) is 2.09. The van der Waals surface area contributed by atoms with Crippen molar-refractivity contribution < 1.29 is 0 Å². The summed E-state index contributed by atoms with van der Waals surface area (Å²) in [5.41, 5.74) is 6.37. The van der Waals surface area contributed by atoms with Crippen molar-refractivity contribution in [1.82, 2.24) is 4.90 Å². The molecule has 96 valence electrons. The molecule has 0 aromatic heterocycles. The van der Waals surface area contributed by atoms with Crippen molar-refractivity contribution in [2.24, 2.45) is 23.5 Å². The fourth-order valence-electron chi connectivity index (χ4n) is 3.13. The first-order chi connectivity index (χ1) is 7.39. The molecular formula is C14H30N2. The van der Waals surface area contributed by atoms with Gasteiger partial charge in [0.05, 0.1) is 0 Å². The van der Waals surface area contributed by atoms with Gasteiger partial charge in [-0.15, -0.1) is 0 Å². The highest BCUT2D eigenvalue weighted by molar-refractivity contribution is 5.02. The van der Waals surface area contributed by atoms with Gasteiger partial charge in [-0.1, -0.05) is 34.6 Å². The summed E-state index contributed by atoms with van der Waals surface area (Å²) in [5, 5.41) is 0. The summed E-state index contributed by atoms with van der Waals surface area (Å²) < 4.78 is 0. The Hall–Kier alpha value is -0.0800. The average molecular weight is 226 g/mol. The Morgan fingerprint density at radius 2 is 1.56 bits per heavy atom. The molecule has 0 aromatic rings. The van der Waals surface area contributed by atoms with Gasteiger partial charge in [0.2, 0.25) is 0 Å². The summed E-state index contributed by atoms with van der Waals surface area (Å²) in [7, 11) is 0. The number of nitrogens with two attached hydrogens (primary N) is 1. The third-order valence-electron chi connectivity index (χ3n) is 3.68. The van der Waals surface area contributed by atoms with Crippen LogP contribution in [0, 0.1) is 17.8 Å². The first-order valence-electron chi connectivity index (χ1n) is 6.84. The highest BCUT2D eigenvalue weighted by Crippen LogP contribution is 2.42. The van der Waals surface area contributed by atoms with E-state index in [0.29, 0.717) is 5.54 Å². The van der Waals surface area contributed by atoms with Crippen molar-refractivity contribution in [3.8, 4) is 0 Å². The Morgan fingerprint density at radius 3 is 1.81 bits per heavy atom. The molecule has 0 aliphatic heterocycles. The maximum Gasteiger partial charge on any atom is 0.0337 e. The SMILES string of the molecule is CC(C)CN(CC(C)C)C1(CN)CC(C)C1. The highest BCUT2D eigenvalue weighted by atomic mass is 15.2. The van der Waals surface area contributed by atoms with Crippen LogP contribution >= 0.6 is 0 Å². The smallest absolute Gasteiger partial charge is 0.0337 e. The van der Waals surface area contributed by atoms with Crippen molar-refractivity contribution >= 4 is 0 Å². The van der Waals surface area contributed by atoms with Crippen LogP contribution in [0.1, 0.15) is 47.5 Å². The van der Waals surface area contributed by atoms with Crippen LogP contribution < -0.4 is 5.73 Å². The lowest BCUT2D eigenvalue weighted by Gasteiger charge is -2.54. The summed E-state index contributed by atoms with van der Waals surface area (Å²) in [5.74, 6) is 2.33. The molecule has 0 unspecified atom stereocenters. The Balaban J connectivity index is 2.66. The summed E-state index contributed by atoms with van der Waals surface area (Å²) in [6.07, 6.45) is 2.59. The normalized spacial score (nSPS) is 30.2. The zero-order valence-corrected chi connectivity index (χ0v) is 11.8. The maximum absolute atomic E-state index is 6.04. The minimum Gasteiger partial charge on any atom is -0.329 e. The second-order valence-corrected chi connectivity index (χ2v) is 6.63. The standard InChI is InChI=1S/C14H30N2/c1-11(2)8-16(9-12(3)4)14(10-15)6-13(5)7-14/h11-13H,6-10,15H2,1-5H3. The predicted octanol–water partition coefficient (Wildman–Crippen LogP) is 2.73. The van der Waals surface area contributed by atoms with Crippen molar-refractivity contribution in [1.29, 1.82) is 0 Å². The molecule has 0 aromatic carbocycles. The van der Waals surface area contributed by atoms with Crippen molar-refractivity contribution in [3.05, 3.63) is 0 Å². The van der Waals surface area contributed by atoms with Gasteiger partial charge in [0.25, 0.3) is 0 Å². The van der Waals surface area contributed by atoms with Gasteiger partial charge >= 0.3 is 0 Å². The quantitative estimate of drug-likeness (QED) is 0.754. The minimum atomic E-state index is 0.327. The molecule has 0 bridgehead atoms. The lowest BCUT2D eigenvalue weighted by atomic mass is 9.67. The second kappa shape index (κ2) is 5.50. The van der Waals surface area contributed by atoms with E-state index in [4.69, 9.17) is 5.73 Å². The zero-order chi connectivity index (χ0) is 12.3. The number of rotatable bonds is 6. The topological polar surface area (TPSA) is 29.3 Å². The van der Waals surface area contributed by atoms with Gasteiger partial charge in [-0.3, -0.25) is 4.90 Å². The fourth-order valence-corrected chi connectivity index (χ4v) is 3.13. The minimum absolute atomic E-state index is 0.327. The summed E-state index contributed by atoms with van der Waals surface area (Å²) in [6, 6.07) is 0. The molecule has 1 saturated carbocycles. The zero-order valence-electron chi connectivity index (χ0n) is 11.8. The van der Waals surface area contributed by atoms with E-state index in [-0.39, 0.29) is 0 Å². The number of hydrogen-bond donors (Lipinski definition) is 1. The van der Waals surface area contributed by atoms with Crippen LogP contribution in [-0.4, -0.2) is 30.1 Å². The molecule has 0 radical (unpaired) electrons. The molecule has 0 saturated heterocycles. The summed E-state index contributed by atoms with van der Waals surface area (Å²) in [6.45, 7) is 14.8. The van der Waals surface area contributed by atoms with E-state index in [9.17, 15) is 0 Å². The van der Waals surface area contributed by atoms with E-state index in [1.807, 2.05) is 0 Å². The van der Waals surface area contributed by atoms with Crippen molar-refractivity contribution in [2.75, 3.05) is 19.6 Å². The van der Waals surface area contributed by atoms with Crippen LogP contribution in [-0.2, 0) is 0 Å². The molecule has 16 heavy (non-hydrogen) atoms.